The van der Waals surface area contributed by atoms with Crippen LogP contribution in [-0.4, -0.2) is 61.0 Å². The number of rotatable bonds is 5. The summed E-state index contributed by atoms with van der Waals surface area (Å²) < 4.78 is 16.3. The van der Waals surface area contributed by atoms with Crippen LogP contribution in [0.5, 0.6) is 17.2 Å². The van der Waals surface area contributed by atoms with E-state index in [0.29, 0.717) is 23.8 Å². The number of hydrogen-bond acceptors (Lipinski definition) is 5. The van der Waals surface area contributed by atoms with Gasteiger partial charge in [0.05, 0.1) is 27.0 Å². The van der Waals surface area contributed by atoms with Crippen LogP contribution >= 0.6 is 0 Å². The fourth-order valence-corrected chi connectivity index (χ4v) is 5.26. The van der Waals surface area contributed by atoms with E-state index in [1.165, 1.54) is 0 Å². The van der Waals surface area contributed by atoms with Gasteiger partial charge >= 0.3 is 0 Å². The number of piperazine rings is 1. The number of aromatic amines is 1. The molecule has 2 aromatic carbocycles. The monoisotopic (exact) mass is 449 g/mol. The highest BCUT2D eigenvalue weighted by molar-refractivity contribution is 6.00. The number of methoxy groups -OCH3 is 3. The van der Waals surface area contributed by atoms with Crippen molar-refractivity contribution in [3.05, 3.63) is 53.2 Å². The molecule has 0 aliphatic carbocycles. The maximum atomic E-state index is 13.9. The minimum Gasteiger partial charge on any atom is -0.493 e. The van der Waals surface area contributed by atoms with Gasteiger partial charge < -0.3 is 29.0 Å². The largest absolute Gasteiger partial charge is 0.493 e. The molecule has 2 amide bonds. The van der Waals surface area contributed by atoms with Gasteiger partial charge in [0, 0.05) is 24.0 Å². The first-order valence-corrected chi connectivity index (χ1v) is 10.9. The van der Waals surface area contributed by atoms with E-state index in [1.807, 2.05) is 37.3 Å². The Bertz CT molecular complexity index is 1240. The maximum absolute atomic E-state index is 13.9. The van der Waals surface area contributed by atoms with Gasteiger partial charge in [0.25, 0.3) is 5.91 Å². The van der Waals surface area contributed by atoms with Crippen molar-refractivity contribution in [2.45, 2.75) is 25.4 Å². The van der Waals surface area contributed by atoms with Crippen molar-refractivity contribution in [2.75, 3.05) is 34.4 Å². The zero-order chi connectivity index (χ0) is 23.3. The van der Waals surface area contributed by atoms with Gasteiger partial charge in [-0.05, 0) is 42.7 Å². The number of ether oxygens (including phenoxy) is 3. The Kier molecular flexibility index (Phi) is 4.96. The summed E-state index contributed by atoms with van der Waals surface area (Å²) in [5.41, 5.74) is 2.61. The van der Waals surface area contributed by atoms with Gasteiger partial charge in [-0.15, -0.1) is 0 Å². The molecule has 1 aromatic heterocycles. The van der Waals surface area contributed by atoms with Gasteiger partial charge in [-0.1, -0.05) is 18.2 Å². The van der Waals surface area contributed by atoms with E-state index < -0.39 is 5.54 Å². The number of carbonyl (C=O) groups is 2. The molecular weight excluding hydrogens is 422 g/mol. The van der Waals surface area contributed by atoms with Crippen LogP contribution in [0.2, 0.25) is 0 Å². The molecule has 2 aliphatic heterocycles. The molecule has 33 heavy (non-hydrogen) atoms. The first-order valence-electron chi connectivity index (χ1n) is 10.9. The lowest BCUT2D eigenvalue weighted by Gasteiger charge is -2.49. The van der Waals surface area contributed by atoms with Crippen LogP contribution in [-0.2, 0) is 28.1 Å². The third kappa shape index (κ3) is 3.04. The summed E-state index contributed by atoms with van der Waals surface area (Å²) in [5, 5.41) is 1.11. The third-order valence-corrected chi connectivity index (χ3v) is 6.85. The Labute approximate surface area is 192 Å². The molecule has 1 fully saturated rings. The van der Waals surface area contributed by atoms with Crippen molar-refractivity contribution < 1.29 is 23.8 Å². The highest BCUT2D eigenvalue weighted by Gasteiger charge is 2.54. The fourth-order valence-electron chi connectivity index (χ4n) is 5.26. The minimum absolute atomic E-state index is 0.0284. The molecule has 3 heterocycles. The molecule has 1 N–H and O–H groups in total. The summed E-state index contributed by atoms with van der Waals surface area (Å²) in [5.74, 6) is 1.33. The summed E-state index contributed by atoms with van der Waals surface area (Å²) in [7, 11) is 4.65. The molecule has 2 aliphatic rings. The Morgan fingerprint density at radius 3 is 2.39 bits per heavy atom. The summed E-state index contributed by atoms with van der Waals surface area (Å²) >= 11 is 0. The first-order chi connectivity index (χ1) is 15.9. The van der Waals surface area contributed by atoms with Crippen LogP contribution in [0.1, 0.15) is 23.7 Å². The van der Waals surface area contributed by atoms with Gasteiger partial charge in [-0.25, -0.2) is 0 Å². The fraction of sp³-hybridized carbons (Fsp3) is 0.360. The van der Waals surface area contributed by atoms with E-state index in [4.69, 9.17) is 14.2 Å². The molecule has 8 heteroatoms. The SMILES string of the molecule is COc1cc(CN2CC(=O)N3CCc4c([nH]c5ccccc45)[C@@]3(C)C2=O)cc(OC)c1OC. The molecule has 0 radical (unpaired) electrons. The average Bonchev–Trinajstić information content (AvgIpc) is 3.22. The molecule has 0 saturated carbocycles. The standard InChI is InChI=1S/C25H27N3O5/c1-25-23-17(16-7-5-6-8-18(16)26-23)9-10-28(25)21(29)14-27(24(25)30)13-15-11-19(31-2)22(33-4)20(12-15)32-3/h5-8,11-12,26H,9-10,13-14H2,1-4H3/t25-/m0/s1. The second kappa shape index (κ2) is 7.72. The topological polar surface area (TPSA) is 84.1 Å². The van der Waals surface area contributed by atoms with Crippen molar-refractivity contribution in [2.24, 2.45) is 0 Å². The zero-order valence-corrected chi connectivity index (χ0v) is 19.2. The summed E-state index contributed by atoms with van der Waals surface area (Å²) in [6, 6.07) is 11.6. The third-order valence-electron chi connectivity index (χ3n) is 6.85. The molecule has 0 unspecified atom stereocenters. The molecule has 0 spiro atoms. The van der Waals surface area contributed by atoms with Crippen molar-refractivity contribution in [3.8, 4) is 17.2 Å². The van der Waals surface area contributed by atoms with Crippen LogP contribution in [0.3, 0.4) is 0 Å². The number of para-hydroxylation sites is 1. The van der Waals surface area contributed by atoms with Crippen molar-refractivity contribution in [1.82, 2.24) is 14.8 Å². The van der Waals surface area contributed by atoms with Crippen molar-refractivity contribution in [3.63, 3.8) is 0 Å². The van der Waals surface area contributed by atoms with Gasteiger partial charge in [0.1, 0.15) is 6.54 Å². The van der Waals surface area contributed by atoms with Gasteiger partial charge in [0.15, 0.2) is 17.0 Å². The summed E-state index contributed by atoms with van der Waals surface area (Å²) in [4.78, 5) is 33.9. The Morgan fingerprint density at radius 2 is 1.73 bits per heavy atom. The number of nitrogens with zero attached hydrogens (tertiary/aromatic N) is 2. The molecule has 1 saturated heterocycles. The molecule has 8 nitrogen and oxygen atoms in total. The maximum Gasteiger partial charge on any atom is 0.255 e. The molecule has 0 bridgehead atoms. The van der Waals surface area contributed by atoms with Crippen LogP contribution < -0.4 is 14.2 Å². The van der Waals surface area contributed by atoms with Crippen molar-refractivity contribution >= 4 is 22.7 Å². The molecular formula is C25H27N3O5. The Morgan fingerprint density at radius 1 is 1.03 bits per heavy atom. The predicted molar refractivity (Wildman–Crippen MR) is 123 cm³/mol. The van der Waals surface area contributed by atoms with E-state index in [0.717, 1.165) is 34.1 Å². The van der Waals surface area contributed by atoms with E-state index in [1.54, 1.807) is 31.1 Å². The van der Waals surface area contributed by atoms with Crippen molar-refractivity contribution in [1.29, 1.82) is 0 Å². The average molecular weight is 450 g/mol. The van der Waals surface area contributed by atoms with E-state index in [-0.39, 0.29) is 24.9 Å². The smallest absolute Gasteiger partial charge is 0.255 e. The molecule has 172 valence electrons. The Balaban J connectivity index is 1.55. The highest BCUT2D eigenvalue weighted by Crippen LogP contribution is 2.43. The normalized spacial score (nSPS) is 20.0. The summed E-state index contributed by atoms with van der Waals surface area (Å²) in [6.45, 7) is 2.65. The second-order valence-electron chi connectivity index (χ2n) is 8.59. The highest BCUT2D eigenvalue weighted by atomic mass is 16.5. The predicted octanol–water partition coefficient (Wildman–Crippen LogP) is 2.84. The van der Waals surface area contributed by atoms with Gasteiger partial charge in [-0.3, -0.25) is 9.59 Å². The number of fused-ring (bicyclic) bond motifs is 5. The number of carbonyl (C=O) groups excluding carboxylic acids is 2. The summed E-state index contributed by atoms with van der Waals surface area (Å²) in [6.07, 6.45) is 0.723. The Hall–Kier alpha value is -3.68. The van der Waals surface area contributed by atoms with E-state index in [9.17, 15) is 9.59 Å². The van der Waals surface area contributed by atoms with E-state index in [2.05, 4.69) is 11.1 Å². The number of hydrogen-bond donors (Lipinski definition) is 1. The molecule has 1 atom stereocenters. The van der Waals surface area contributed by atoms with Crippen LogP contribution in [0.4, 0.5) is 0 Å². The van der Waals surface area contributed by atoms with Crippen LogP contribution in [0, 0.1) is 0 Å². The second-order valence-corrected chi connectivity index (χ2v) is 8.59. The lowest BCUT2D eigenvalue weighted by molar-refractivity contribution is -0.166. The van der Waals surface area contributed by atoms with Gasteiger partial charge in [0.2, 0.25) is 11.7 Å². The number of benzene rings is 2. The number of aromatic nitrogens is 1. The number of amides is 2. The minimum atomic E-state index is -1.08. The lowest BCUT2D eigenvalue weighted by Crippen LogP contribution is -2.66. The van der Waals surface area contributed by atoms with Crippen LogP contribution in [0.15, 0.2) is 36.4 Å². The lowest BCUT2D eigenvalue weighted by atomic mass is 9.83. The quantitative estimate of drug-likeness (QED) is 0.648. The zero-order valence-electron chi connectivity index (χ0n) is 19.2. The first kappa shape index (κ1) is 21.2. The number of nitrogens with one attached hydrogen (secondary N) is 1. The van der Waals surface area contributed by atoms with Gasteiger partial charge in [-0.2, -0.15) is 0 Å². The molecule has 3 aromatic rings. The van der Waals surface area contributed by atoms with E-state index >= 15 is 0 Å². The molecule has 5 rings (SSSR count). The van der Waals surface area contributed by atoms with Crippen LogP contribution in [0.25, 0.3) is 10.9 Å². The number of H-pyrrole nitrogens is 1.